The molecule has 1 fully saturated rings. The highest BCUT2D eigenvalue weighted by atomic mass is 79.9. The van der Waals surface area contributed by atoms with Crippen LogP contribution in [-0.4, -0.2) is 43.7 Å². The normalized spacial score (nSPS) is 20.4. The van der Waals surface area contributed by atoms with Gasteiger partial charge in [0.05, 0.1) is 0 Å². The first kappa shape index (κ1) is 14.8. The molecule has 0 aromatic heterocycles. The van der Waals surface area contributed by atoms with Gasteiger partial charge in [0, 0.05) is 36.7 Å². The molecule has 2 rings (SSSR count). The number of rotatable bonds is 6. The zero-order valence-electron chi connectivity index (χ0n) is 11.6. The number of ether oxygens (including phenoxy) is 1. The number of halogens is 1. The molecule has 19 heavy (non-hydrogen) atoms. The first-order valence-electron chi connectivity index (χ1n) is 7.12. The molecule has 1 aromatic rings. The van der Waals surface area contributed by atoms with E-state index in [1.165, 1.54) is 12.8 Å². The minimum Gasteiger partial charge on any atom is -0.492 e. The van der Waals surface area contributed by atoms with Crippen LogP contribution in [-0.2, 0) is 0 Å². The Bertz CT molecular complexity index is 384. The lowest BCUT2D eigenvalue weighted by molar-refractivity contribution is 0.162. The van der Waals surface area contributed by atoms with E-state index < -0.39 is 0 Å². The summed E-state index contributed by atoms with van der Waals surface area (Å²) in [6.45, 7) is 7.39. The van der Waals surface area contributed by atoms with Gasteiger partial charge in [-0.3, -0.25) is 4.90 Å². The van der Waals surface area contributed by atoms with Gasteiger partial charge in [0.25, 0.3) is 0 Å². The van der Waals surface area contributed by atoms with Crippen LogP contribution in [0.25, 0.3) is 0 Å². The molecule has 1 N–H and O–H groups in total. The molecular weight excluding hydrogens is 304 g/mol. The summed E-state index contributed by atoms with van der Waals surface area (Å²) in [6.07, 6.45) is 2.52. The van der Waals surface area contributed by atoms with Crippen LogP contribution in [0.2, 0.25) is 0 Å². The van der Waals surface area contributed by atoms with E-state index in [4.69, 9.17) is 4.74 Å². The third-order valence-corrected chi connectivity index (χ3v) is 3.94. The van der Waals surface area contributed by atoms with Crippen LogP contribution in [0.1, 0.15) is 19.8 Å². The number of hydrogen-bond acceptors (Lipinski definition) is 3. The van der Waals surface area contributed by atoms with Crippen molar-refractivity contribution >= 4 is 15.9 Å². The fourth-order valence-electron chi connectivity index (χ4n) is 2.49. The molecule has 1 aromatic carbocycles. The van der Waals surface area contributed by atoms with Crippen molar-refractivity contribution in [2.24, 2.45) is 0 Å². The Morgan fingerprint density at radius 3 is 3.16 bits per heavy atom. The van der Waals surface area contributed by atoms with Gasteiger partial charge in [0.1, 0.15) is 12.4 Å². The lowest BCUT2D eigenvalue weighted by Gasteiger charge is -2.33. The van der Waals surface area contributed by atoms with Crippen LogP contribution in [0.4, 0.5) is 0 Å². The molecule has 106 valence electrons. The van der Waals surface area contributed by atoms with Crippen molar-refractivity contribution in [2.75, 3.05) is 32.8 Å². The van der Waals surface area contributed by atoms with Crippen LogP contribution in [0, 0.1) is 0 Å². The maximum Gasteiger partial charge on any atom is 0.120 e. The summed E-state index contributed by atoms with van der Waals surface area (Å²) in [4.78, 5) is 2.49. The van der Waals surface area contributed by atoms with E-state index in [1.807, 2.05) is 24.3 Å². The van der Waals surface area contributed by atoms with Crippen molar-refractivity contribution in [1.82, 2.24) is 10.2 Å². The second-order valence-electron chi connectivity index (χ2n) is 5.05. The summed E-state index contributed by atoms with van der Waals surface area (Å²) in [7, 11) is 0. The fourth-order valence-corrected chi connectivity index (χ4v) is 2.87. The Morgan fingerprint density at radius 1 is 1.47 bits per heavy atom. The molecular formula is C15H23BrN2O. The van der Waals surface area contributed by atoms with Gasteiger partial charge >= 0.3 is 0 Å². The predicted molar refractivity (Wildman–Crippen MR) is 82.8 cm³/mol. The van der Waals surface area contributed by atoms with E-state index >= 15 is 0 Å². The van der Waals surface area contributed by atoms with E-state index in [0.29, 0.717) is 6.04 Å². The molecule has 1 saturated heterocycles. The smallest absolute Gasteiger partial charge is 0.120 e. The Morgan fingerprint density at radius 2 is 2.37 bits per heavy atom. The highest BCUT2D eigenvalue weighted by Crippen LogP contribution is 2.17. The minimum atomic E-state index is 0.657. The van der Waals surface area contributed by atoms with Gasteiger partial charge in [-0.1, -0.05) is 35.3 Å². The van der Waals surface area contributed by atoms with E-state index in [2.05, 4.69) is 33.1 Å². The molecule has 4 heteroatoms. The van der Waals surface area contributed by atoms with Gasteiger partial charge in [0.2, 0.25) is 0 Å². The molecule has 0 saturated carbocycles. The van der Waals surface area contributed by atoms with E-state index in [1.54, 1.807) is 0 Å². The average molecular weight is 327 g/mol. The highest BCUT2D eigenvalue weighted by Gasteiger charge is 2.17. The van der Waals surface area contributed by atoms with Crippen molar-refractivity contribution in [3.63, 3.8) is 0 Å². The largest absolute Gasteiger partial charge is 0.492 e. The molecule has 0 radical (unpaired) electrons. The number of nitrogens with one attached hydrogen (secondary N) is 1. The molecule has 1 aliphatic heterocycles. The van der Waals surface area contributed by atoms with Gasteiger partial charge < -0.3 is 10.1 Å². The zero-order chi connectivity index (χ0) is 13.5. The van der Waals surface area contributed by atoms with Gasteiger partial charge in [-0.25, -0.2) is 0 Å². The lowest BCUT2D eigenvalue weighted by atomic mass is 10.1. The van der Waals surface area contributed by atoms with Crippen LogP contribution in [0.5, 0.6) is 5.75 Å². The van der Waals surface area contributed by atoms with Crippen LogP contribution in [0.15, 0.2) is 28.7 Å². The van der Waals surface area contributed by atoms with Crippen LogP contribution in [0.3, 0.4) is 0 Å². The summed E-state index contributed by atoms with van der Waals surface area (Å²) in [5, 5.41) is 3.58. The Kier molecular flexibility index (Phi) is 6.14. The monoisotopic (exact) mass is 326 g/mol. The summed E-state index contributed by atoms with van der Waals surface area (Å²) >= 11 is 3.46. The predicted octanol–water partition coefficient (Wildman–Crippen LogP) is 2.90. The third-order valence-electron chi connectivity index (χ3n) is 3.45. The Hall–Kier alpha value is -0.580. The summed E-state index contributed by atoms with van der Waals surface area (Å²) in [6, 6.07) is 8.68. The summed E-state index contributed by atoms with van der Waals surface area (Å²) < 4.78 is 6.86. The van der Waals surface area contributed by atoms with Crippen molar-refractivity contribution < 1.29 is 4.74 Å². The summed E-state index contributed by atoms with van der Waals surface area (Å²) in [5.41, 5.74) is 0. The topological polar surface area (TPSA) is 24.5 Å². The van der Waals surface area contributed by atoms with Gasteiger partial charge in [-0.05, 0) is 24.6 Å². The molecule has 1 heterocycles. The van der Waals surface area contributed by atoms with Crippen molar-refractivity contribution in [2.45, 2.75) is 25.8 Å². The molecule has 3 nitrogen and oxygen atoms in total. The minimum absolute atomic E-state index is 0.657. The second kappa shape index (κ2) is 7.88. The zero-order valence-corrected chi connectivity index (χ0v) is 13.2. The molecule has 1 aliphatic rings. The molecule has 0 amide bonds. The quantitative estimate of drug-likeness (QED) is 0.869. The number of nitrogens with zero attached hydrogens (tertiary/aromatic N) is 1. The first-order valence-corrected chi connectivity index (χ1v) is 7.91. The standard InChI is InChI=1S/C15H23BrN2O/c1-2-4-14-12-18(8-7-17-14)9-10-19-15-6-3-5-13(16)11-15/h3,5-6,11,14,17H,2,4,7-10,12H2,1H3. The van der Waals surface area contributed by atoms with Crippen molar-refractivity contribution in [1.29, 1.82) is 0 Å². The molecule has 1 atom stereocenters. The van der Waals surface area contributed by atoms with Crippen molar-refractivity contribution in [3.8, 4) is 5.75 Å². The highest BCUT2D eigenvalue weighted by molar-refractivity contribution is 9.10. The maximum atomic E-state index is 5.79. The molecule has 1 unspecified atom stereocenters. The molecule has 0 aliphatic carbocycles. The van der Waals surface area contributed by atoms with E-state index in [9.17, 15) is 0 Å². The number of hydrogen-bond donors (Lipinski definition) is 1. The summed E-state index contributed by atoms with van der Waals surface area (Å²) in [5.74, 6) is 0.939. The first-order chi connectivity index (χ1) is 9.28. The lowest BCUT2D eigenvalue weighted by Crippen LogP contribution is -2.51. The SMILES string of the molecule is CCCC1CN(CCOc2cccc(Br)c2)CCN1. The Balaban J connectivity index is 1.70. The maximum absolute atomic E-state index is 5.79. The number of piperazine rings is 1. The third kappa shape index (κ3) is 5.13. The van der Waals surface area contributed by atoms with E-state index in [0.717, 1.165) is 43.0 Å². The fraction of sp³-hybridized carbons (Fsp3) is 0.600. The molecule has 0 spiro atoms. The van der Waals surface area contributed by atoms with Gasteiger partial charge in [0.15, 0.2) is 0 Å². The Labute approximate surface area is 124 Å². The van der Waals surface area contributed by atoms with Gasteiger partial charge in [-0.15, -0.1) is 0 Å². The second-order valence-corrected chi connectivity index (χ2v) is 5.96. The van der Waals surface area contributed by atoms with E-state index in [-0.39, 0.29) is 0 Å². The van der Waals surface area contributed by atoms with Crippen LogP contribution >= 0.6 is 15.9 Å². The van der Waals surface area contributed by atoms with Crippen molar-refractivity contribution in [3.05, 3.63) is 28.7 Å². The number of benzene rings is 1. The van der Waals surface area contributed by atoms with Gasteiger partial charge in [-0.2, -0.15) is 0 Å². The van der Waals surface area contributed by atoms with Crippen LogP contribution < -0.4 is 10.1 Å². The average Bonchev–Trinajstić information content (AvgIpc) is 2.40. The molecule has 0 bridgehead atoms.